The van der Waals surface area contributed by atoms with Crippen molar-refractivity contribution in [2.75, 3.05) is 18.1 Å². The van der Waals surface area contributed by atoms with Gasteiger partial charge >= 0.3 is 11.5 Å². The van der Waals surface area contributed by atoms with Crippen LogP contribution in [0.2, 0.25) is 0 Å². The number of imidazole rings is 1. The summed E-state index contributed by atoms with van der Waals surface area (Å²) in [6, 6.07) is 0. The zero-order valence-corrected chi connectivity index (χ0v) is 10.3. The number of esters is 1. The minimum absolute atomic E-state index is 0.0104. The van der Waals surface area contributed by atoms with Gasteiger partial charge in [0.15, 0.2) is 5.69 Å². The van der Waals surface area contributed by atoms with Gasteiger partial charge in [0.1, 0.15) is 5.82 Å². The van der Waals surface area contributed by atoms with E-state index in [4.69, 9.17) is 10.5 Å². The molecule has 0 aliphatic heterocycles. The molecule has 1 rings (SSSR count). The van der Waals surface area contributed by atoms with Gasteiger partial charge in [0.05, 0.1) is 12.9 Å². The van der Waals surface area contributed by atoms with Gasteiger partial charge < -0.3 is 15.0 Å². The zero-order valence-electron chi connectivity index (χ0n) is 9.53. The van der Waals surface area contributed by atoms with Crippen molar-refractivity contribution < 1.29 is 22.7 Å². The van der Waals surface area contributed by atoms with Crippen LogP contribution in [0, 0.1) is 0 Å². The molecule has 1 aromatic heterocycles. The van der Waals surface area contributed by atoms with Crippen LogP contribution in [0.4, 0.5) is 19.0 Å². The van der Waals surface area contributed by atoms with Gasteiger partial charge in [0.2, 0.25) is 0 Å². The number of nitrogens with zero attached hydrogens (tertiary/aromatic N) is 2. The summed E-state index contributed by atoms with van der Waals surface area (Å²) in [5.74, 6) is -0.875. The summed E-state index contributed by atoms with van der Waals surface area (Å²) < 4.78 is 41.8. The summed E-state index contributed by atoms with van der Waals surface area (Å²) in [6.45, 7) is 1.82. The number of hydrogen-bond donors (Lipinski definition) is 1. The molecule has 0 aromatic carbocycles. The Hall–Kier alpha value is -1.38. The first-order chi connectivity index (χ1) is 8.35. The number of ether oxygens (including phenoxy) is 1. The van der Waals surface area contributed by atoms with Gasteiger partial charge in [0, 0.05) is 12.3 Å². The summed E-state index contributed by atoms with van der Waals surface area (Å²) in [7, 11) is 0. The summed E-state index contributed by atoms with van der Waals surface area (Å²) >= 11 is -0.155. The summed E-state index contributed by atoms with van der Waals surface area (Å²) in [4.78, 5) is 15.1. The maximum atomic E-state index is 11.9. The van der Waals surface area contributed by atoms with Crippen molar-refractivity contribution in [1.29, 1.82) is 0 Å². The van der Waals surface area contributed by atoms with Crippen molar-refractivity contribution in [3.05, 3.63) is 12.0 Å². The SMILES string of the molecule is CCOC(=O)c1ncn(CCSC(F)(F)F)c1N. The molecule has 102 valence electrons. The van der Waals surface area contributed by atoms with Crippen molar-refractivity contribution >= 4 is 23.5 Å². The first kappa shape index (κ1) is 14.7. The highest BCUT2D eigenvalue weighted by Gasteiger charge is 2.27. The van der Waals surface area contributed by atoms with Gasteiger partial charge in [-0.1, -0.05) is 0 Å². The van der Waals surface area contributed by atoms with Gasteiger partial charge in [-0.25, -0.2) is 9.78 Å². The van der Waals surface area contributed by atoms with Crippen LogP contribution in [0.25, 0.3) is 0 Å². The summed E-state index contributed by atoms with van der Waals surface area (Å²) in [5, 5.41) is 0. The van der Waals surface area contributed by atoms with Crippen LogP contribution in [0.5, 0.6) is 0 Å². The van der Waals surface area contributed by atoms with Crippen molar-refractivity contribution in [3.63, 3.8) is 0 Å². The van der Waals surface area contributed by atoms with E-state index < -0.39 is 11.5 Å². The fourth-order valence-electron chi connectivity index (χ4n) is 1.19. The number of carbonyl (C=O) groups is 1. The van der Waals surface area contributed by atoms with Crippen LogP contribution in [-0.2, 0) is 11.3 Å². The van der Waals surface area contributed by atoms with E-state index in [1.165, 1.54) is 10.9 Å². The number of anilines is 1. The van der Waals surface area contributed by atoms with Crippen LogP contribution < -0.4 is 5.73 Å². The number of aromatic nitrogens is 2. The van der Waals surface area contributed by atoms with Crippen LogP contribution in [0.3, 0.4) is 0 Å². The van der Waals surface area contributed by atoms with E-state index in [1.807, 2.05) is 0 Å². The number of carbonyl (C=O) groups excluding carboxylic acids is 1. The highest BCUT2D eigenvalue weighted by atomic mass is 32.2. The minimum atomic E-state index is -4.28. The fraction of sp³-hybridized carbons (Fsp3) is 0.556. The Labute approximate surface area is 105 Å². The third-order valence-electron chi connectivity index (χ3n) is 1.94. The lowest BCUT2D eigenvalue weighted by molar-refractivity contribution is -0.0328. The van der Waals surface area contributed by atoms with E-state index in [9.17, 15) is 18.0 Å². The van der Waals surface area contributed by atoms with Crippen molar-refractivity contribution in [1.82, 2.24) is 9.55 Å². The number of nitrogens with two attached hydrogens (primary N) is 1. The Morgan fingerprint density at radius 1 is 1.61 bits per heavy atom. The molecule has 0 saturated carbocycles. The average Bonchev–Trinajstić information content (AvgIpc) is 2.59. The molecule has 0 aliphatic carbocycles. The second-order valence-electron chi connectivity index (χ2n) is 3.19. The van der Waals surface area contributed by atoms with E-state index in [0.717, 1.165) is 0 Å². The molecule has 0 spiro atoms. The van der Waals surface area contributed by atoms with Crippen LogP contribution in [0.15, 0.2) is 6.33 Å². The minimum Gasteiger partial charge on any atom is -0.461 e. The molecule has 0 bridgehead atoms. The Morgan fingerprint density at radius 3 is 2.83 bits per heavy atom. The quantitative estimate of drug-likeness (QED) is 0.836. The molecule has 0 fully saturated rings. The van der Waals surface area contributed by atoms with Crippen LogP contribution >= 0.6 is 11.8 Å². The molecule has 0 atom stereocenters. The lowest BCUT2D eigenvalue weighted by atomic mass is 10.4. The van der Waals surface area contributed by atoms with Gasteiger partial charge in [-0.05, 0) is 18.7 Å². The molecule has 18 heavy (non-hydrogen) atoms. The van der Waals surface area contributed by atoms with E-state index >= 15 is 0 Å². The smallest absolute Gasteiger partial charge is 0.441 e. The predicted octanol–water partition coefficient (Wildman–Crippen LogP) is 1.90. The summed E-state index contributed by atoms with van der Waals surface area (Å²) in [5.41, 5.74) is 1.24. The topological polar surface area (TPSA) is 70.1 Å². The molecule has 0 aliphatic rings. The lowest BCUT2D eigenvalue weighted by Crippen LogP contribution is -2.11. The Morgan fingerprint density at radius 2 is 2.28 bits per heavy atom. The van der Waals surface area contributed by atoms with E-state index in [1.54, 1.807) is 6.92 Å². The molecule has 0 saturated heterocycles. The molecule has 0 amide bonds. The highest BCUT2D eigenvalue weighted by Crippen LogP contribution is 2.30. The maximum absolute atomic E-state index is 11.9. The molecule has 5 nitrogen and oxygen atoms in total. The van der Waals surface area contributed by atoms with Gasteiger partial charge in [0.25, 0.3) is 0 Å². The third kappa shape index (κ3) is 4.13. The first-order valence-corrected chi connectivity index (χ1v) is 6.02. The second-order valence-corrected chi connectivity index (χ2v) is 4.35. The van der Waals surface area contributed by atoms with Gasteiger partial charge in [-0.3, -0.25) is 0 Å². The molecule has 9 heteroatoms. The standard InChI is InChI=1S/C9H12F3N3O2S/c1-2-17-8(16)6-7(13)15(5-14-6)3-4-18-9(10,11)12/h5H,2-4,13H2,1H3. The van der Waals surface area contributed by atoms with Crippen molar-refractivity contribution in [2.45, 2.75) is 19.0 Å². The maximum Gasteiger partial charge on any atom is 0.441 e. The first-order valence-electron chi connectivity index (χ1n) is 5.03. The molecule has 0 radical (unpaired) electrons. The molecule has 0 unspecified atom stereocenters. The van der Waals surface area contributed by atoms with E-state index in [0.29, 0.717) is 0 Å². The normalized spacial score (nSPS) is 11.6. The van der Waals surface area contributed by atoms with Crippen LogP contribution in [0.1, 0.15) is 17.4 Å². The van der Waals surface area contributed by atoms with Gasteiger partial charge in [-0.2, -0.15) is 13.2 Å². The van der Waals surface area contributed by atoms with Gasteiger partial charge in [-0.15, -0.1) is 0 Å². The largest absolute Gasteiger partial charge is 0.461 e. The number of rotatable bonds is 5. The van der Waals surface area contributed by atoms with Crippen LogP contribution in [-0.4, -0.2) is 33.4 Å². The molecule has 1 aromatic rings. The predicted molar refractivity (Wildman–Crippen MR) is 61.1 cm³/mol. The van der Waals surface area contributed by atoms with Crippen molar-refractivity contribution in [2.24, 2.45) is 0 Å². The van der Waals surface area contributed by atoms with E-state index in [-0.39, 0.29) is 42.2 Å². The van der Waals surface area contributed by atoms with E-state index in [2.05, 4.69) is 4.98 Å². The number of alkyl halides is 3. The monoisotopic (exact) mass is 283 g/mol. The Balaban J connectivity index is 2.61. The third-order valence-corrected chi connectivity index (χ3v) is 2.66. The Bertz CT molecular complexity index is 420. The molecular weight excluding hydrogens is 271 g/mol. The average molecular weight is 283 g/mol. The number of aryl methyl sites for hydroxylation is 1. The fourth-order valence-corrected chi connectivity index (χ4v) is 1.71. The molecular formula is C9H12F3N3O2S. The zero-order chi connectivity index (χ0) is 13.8. The van der Waals surface area contributed by atoms with Crippen molar-refractivity contribution in [3.8, 4) is 0 Å². The second kappa shape index (κ2) is 5.98. The molecule has 1 heterocycles. The highest BCUT2D eigenvalue weighted by molar-refractivity contribution is 8.00. The lowest BCUT2D eigenvalue weighted by Gasteiger charge is -2.07. The number of nitrogen functional groups attached to an aromatic ring is 1. The Kier molecular flexibility index (Phi) is 4.88. The number of hydrogen-bond acceptors (Lipinski definition) is 5. The molecule has 2 N–H and O–H groups in total. The summed E-state index contributed by atoms with van der Waals surface area (Å²) in [6.07, 6.45) is 1.22. The number of thioether (sulfide) groups is 1. The number of halogens is 3.